The van der Waals surface area contributed by atoms with E-state index in [2.05, 4.69) is 4.84 Å². The van der Waals surface area contributed by atoms with E-state index in [0.29, 0.717) is 4.47 Å². The van der Waals surface area contributed by atoms with E-state index in [1.165, 1.54) is 56.6 Å². The number of rotatable bonds is 7. The second-order valence-corrected chi connectivity index (χ2v) is 7.07. The van der Waals surface area contributed by atoms with Gasteiger partial charge in [-0.25, -0.2) is 17.6 Å². The van der Waals surface area contributed by atoms with Crippen LogP contribution in [0.3, 0.4) is 0 Å². The van der Waals surface area contributed by atoms with Crippen LogP contribution in [-0.4, -0.2) is 45.4 Å². The lowest BCUT2D eigenvalue weighted by Gasteiger charge is -2.14. The van der Waals surface area contributed by atoms with E-state index in [4.69, 9.17) is 4.74 Å². The van der Waals surface area contributed by atoms with Gasteiger partial charge in [-0.15, -0.1) is 0 Å². The average Bonchev–Trinajstić information content (AvgIpc) is 2.65. The first kappa shape index (κ1) is 19.7. The predicted molar refractivity (Wildman–Crippen MR) is 89.4 cm³/mol. The highest BCUT2D eigenvalue weighted by atomic mass is 32.2. The van der Waals surface area contributed by atoms with Crippen LogP contribution in [0.5, 0.6) is 0 Å². The number of nitrogens with zero attached hydrogens (tertiary/aromatic N) is 1. The van der Waals surface area contributed by atoms with Gasteiger partial charge in [-0.3, -0.25) is 9.63 Å². The van der Waals surface area contributed by atoms with Crippen molar-refractivity contribution in [2.24, 2.45) is 0 Å². The molecule has 138 valence electrons. The topological polar surface area (TPSA) is 90.0 Å². The van der Waals surface area contributed by atoms with Gasteiger partial charge in [0.2, 0.25) is 0 Å². The second-order valence-electron chi connectivity index (χ2n) is 5.13. The van der Waals surface area contributed by atoms with Gasteiger partial charge in [0.15, 0.2) is 12.4 Å². The normalized spacial score (nSPS) is 11.4. The number of esters is 1. The van der Waals surface area contributed by atoms with Gasteiger partial charge in [-0.1, -0.05) is 16.6 Å². The van der Waals surface area contributed by atoms with E-state index in [9.17, 15) is 22.4 Å². The third-order valence-corrected chi connectivity index (χ3v) is 5.16. The van der Waals surface area contributed by atoms with E-state index in [1.54, 1.807) is 0 Å². The molecule has 0 heterocycles. The predicted octanol–water partition coefficient (Wildman–Crippen LogP) is 2.05. The molecule has 0 saturated carbocycles. The van der Waals surface area contributed by atoms with Crippen LogP contribution >= 0.6 is 0 Å². The van der Waals surface area contributed by atoms with Crippen molar-refractivity contribution in [3.05, 3.63) is 65.5 Å². The van der Waals surface area contributed by atoms with Gasteiger partial charge in [-0.2, -0.15) is 0 Å². The number of ether oxygens (including phenoxy) is 1. The number of hydrogen-bond acceptors (Lipinski definition) is 6. The van der Waals surface area contributed by atoms with Gasteiger partial charge in [0.1, 0.15) is 5.82 Å². The number of Topliss-reactive ketones (excluding diaryl/α,β-unsaturated/α-hetero) is 1. The SMILES string of the molecule is CON(C)S(=O)(=O)c1ccc(C(=O)OCC(=O)c2cccc(F)c2)cc1. The molecule has 0 aliphatic heterocycles. The van der Waals surface area contributed by atoms with Gasteiger partial charge in [0.25, 0.3) is 10.0 Å². The molecule has 26 heavy (non-hydrogen) atoms. The van der Waals surface area contributed by atoms with Crippen LogP contribution in [0, 0.1) is 5.82 Å². The molecule has 0 spiro atoms. The summed E-state index contributed by atoms with van der Waals surface area (Å²) in [4.78, 5) is 28.4. The largest absolute Gasteiger partial charge is 0.454 e. The van der Waals surface area contributed by atoms with Crippen molar-refractivity contribution in [1.82, 2.24) is 4.47 Å². The van der Waals surface area contributed by atoms with Crippen LogP contribution in [0.25, 0.3) is 0 Å². The number of ketones is 1. The highest BCUT2D eigenvalue weighted by Gasteiger charge is 2.21. The van der Waals surface area contributed by atoms with Gasteiger partial charge in [-0.05, 0) is 36.4 Å². The summed E-state index contributed by atoms with van der Waals surface area (Å²) in [5, 5.41) is 0. The number of sulfonamides is 1. The van der Waals surface area contributed by atoms with Gasteiger partial charge < -0.3 is 4.74 Å². The summed E-state index contributed by atoms with van der Waals surface area (Å²) in [6, 6.07) is 9.97. The molecule has 0 saturated heterocycles. The molecule has 0 atom stereocenters. The lowest BCUT2D eigenvalue weighted by Crippen LogP contribution is -2.25. The Kier molecular flexibility index (Phi) is 6.19. The smallest absolute Gasteiger partial charge is 0.338 e. The Bertz CT molecular complexity index is 911. The fraction of sp³-hybridized carbons (Fsp3) is 0.176. The highest BCUT2D eigenvalue weighted by molar-refractivity contribution is 7.89. The molecule has 2 rings (SSSR count). The van der Waals surface area contributed by atoms with Crippen molar-refractivity contribution in [3.8, 4) is 0 Å². The maximum Gasteiger partial charge on any atom is 0.338 e. The fourth-order valence-electron chi connectivity index (χ4n) is 1.97. The van der Waals surface area contributed by atoms with E-state index < -0.39 is 34.2 Å². The summed E-state index contributed by atoms with van der Waals surface area (Å²) in [5.74, 6) is -1.93. The van der Waals surface area contributed by atoms with Crippen LogP contribution < -0.4 is 0 Å². The zero-order valence-corrected chi connectivity index (χ0v) is 14.8. The number of carbonyl (C=O) groups is 2. The first-order chi connectivity index (χ1) is 12.3. The minimum atomic E-state index is -3.83. The summed E-state index contributed by atoms with van der Waals surface area (Å²) in [6.45, 7) is -0.561. The summed E-state index contributed by atoms with van der Waals surface area (Å²) in [6.07, 6.45) is 0. The minimum absolute atomic E-state index is 0.0658. The van der Waals surface area contributed by atoms with Gasteiger partial charge in [0, 0.05) is 12.6 Å². The Labute approximate surface area is 150 Å². The molecule has 0 bridgehead atoms. The molecule has 0 fully saturated rings. The Morgan fingerprint density at radius 3 is 2.31 bits per heavy atom. The van der Waals surface area contributed by atoms with Crippen molar-refractivity contribution >= 4 is 21.8 Å². The van der Waals surface area contributed by atoms with Gasteiger partial charge >= 0.3 is 5.97 Å². The van der Waals surface area contributed by atoms with E-state index in [1.807, 2.05) is 0 Å². The molecular formula is C17H16FNO6S. The minimum Gasteiger partial charge on any atom is -0.454 e. The third-order valence-electron chi connectivity index (χ3n) is 3.46. The molecule has 0 amide bonds. The lowest BCUT2D eigenvalue weighted by molar-refractivity contribution is -0.0258. The van der Waals surface area contributed by atoms with Crippen molar-refractivity contribution < 1.29 is 32.0 Å². The Morgan fingerprint density at radius 2 is 1.73 bits per heavy atom. The van der Waals surface area contributed by atoms with Gasteiger partial charge in [0.05, 0.1) is 17.6 Å². The zero-order valence-electron chi connectivity index (χ0n) is 14.0. The number of halogens is 1. The summed E-state index contributed by atoms with van der Waals surface area (Å²) in [5.41, 5.74) is 0.151. The fourth-order valence-corrected chi connectivity index (χ4v) is 2.94. The molecule has 2 aromatic carbocycles. The average molecular weight is 381 g/mol. The van der Waals surface area contributed by atoms with Crippen molar-refractivity contribution in [2.75, 3.05) is 20.8 Å². The van der Waals surface area contributed by atoms with E-state index in [0.717, 1.165) is 6.07 Å². The molecule has 0 aliphatic carbocycles. The number of carbonyl (C=O) groups excluding carboxylic acids is 2. The van der Waals surface area contributed by atoms with Crippen LogP contribution in [0.4, 0.5) is 4.39 Å². The monoisotopic (exact) mass is 381 g/mol. The van der Waals surface area contributed by atoms with E-state index in [-0.39, 0.29) is 16.0 Å². The standard InChI is InChI=1S/C17H16FNO6S/c1-19(24-2)26(22,23)15-8-6-12(7-9-15)17(21)25-11-16(20)13-4-3-5-14(18)10-13/h3-10H,11H2,1-2H3. The Morgan fingerprint density at radius 1 is 1.08 bits per heavy atom. The lowest BCUT2D eigenvalue weighted by atomic mass is 10.1. The maximum atomic E-state index is 13.1. The molecule has 7 nitrogen and oxygen atoms in total. The summed E-state index contributed by atoms with van der Waals surface area (Å²) < 4.78 is 42.8. The first-order valence-electron chi connectivity index (χ1n) is 7.34. The summed E-state index contributed by atoms with van der Waals surface area (Å²) in [7, 11) is -1.39. The quantitative estimate of drug-likeness (QED) is 0.414. The van der Waals surface area contributed by atoms with Crippen LogP contribution in [0.15, 0.2) is 53.4 Å². The van der Waals surface area contributed by atoms with Crippen molar-refractivity contribution in [2.45, 2.75) is 4.90 Å². The highest BCUT2D eigenvalue weighted by Crippen LogP contribution is 2.16. The second kappa shape index (κ2) is 8.17. The van der Waals surface area contributed by atoms with Crippen LogP contribution in [0.2, 0.25) is 0 Å². The molecule has 0 N–H and O–H groups in total. The molecular weight excluding hydrogens is 365 g/mol. The molecule has 0 aliphatic rings. The van der Waals surface area contributed by atoms with Crippen LogP contribution in [0.1, 0.15) is 20.7 Å². The molecule has 2 aromatic rings. The molecule has 0 aromatic heterocycles. The Hall–Kier alpha value is -2.62. The molecule has 0 radical (unpaired) electrons. The number of hydrogen-bond donors (Lipinski definition) is 0. The first-order valence-corrected chi connectivity index (χ1v) is 8.78. The maximum absolute atomic E-state index is 13.1. The van der Waals surface area contributed by atoms with Crippen molar-refractivity contribution in [1.29, 1.82) is 0 Å². The zero-order chi connectivity index (χ0) is 19.3. The number of hydroxylamine groups is 1. The molecule has 0 unspecified atom stereocenters. The van der Waals surface area contributed by atoms with E-state index >= 15 is 0 Å². The van der Waals surface area contributed by atoms with Crippen molar-refractivity contribution in [3.63, 3.8) is 0 Å². The number of benzene rings is 2. The third kappa shape index (κ3) is 4.51. The molecule has 9 heteroatoms. The van der Waals surface area contributed by atoms with Crippen LogP contribution in [-0.2, 0) is 19.6 Å². The summed E-state index contributed by atoms with van der Waals surface area (Å²) >= 11 is 0. The Balaban J connectivity index is 2.03.